The maximum absolute atomic E-state index is 12.9. The minimum Gasteiger partial charge on any atom is -0.505 e. The molecule has 1 unspecified atom stereocenters. The number of rotatable bonds is 3. The molecule has 0 saturated heterocycles. The predicted octanol–water partition coefficient (Wildman–Crippen LogP) is 2.64. The summed E-state index contributed by atoms with van der Waals surface area (Å²) in [5.41, 5.74) is 0.327. The lowest BCUT2D eigenvalue weighted by Gasteiger charge is -2.08. The molecule has 1 atom stereocenters. The van der Waals surface area contributed by atoms with Crippen molar-refractivity contribution in [1.82, 2.24) is 0 Å². The van der Waals surface area contributed by atoms with Crippen molar-refractivity contribution in [2.75, 3.05) is 5.32 Å². The maximum atomic E-state index is 12.9. The third kappa shape index (κ3) is 3.20. The van der Waals surface area contributed by atoms with Gasteiger partial charge in [-0.3, -0.25) is 4.79 Å². The van der Waals surface area contributed by atoms with Crippen molar-refractivity contribution >= 4 is 27.5 Å². The van der Waals surface area contributed by atoms with E-state index < -0.39 is 11.6 Å². The Balaban J connectivity index is 2.73. The van der Waals surface area contributed by atoms with E-state index in [1.165, 1.54) is 12.1 Å². The second kappa shape index (κ2) is 5.11. The zero-order chi connectivity index (χ0) is 11.4. The molecule has 1 rings (SSSR count). The SMILES string of the molecule is CCC(Br)C(=O)Nc1ccc(O)c(F)c1. The lowest BCUT2D eigenvalue weighted by Crippen LogP contribution is -2.21. The molecule has 82 valence electrons. The first kappa shape index (κ1) is 12.0. The van der Waals surface area contributed by atoms with Gasteiger partial charge in [0, 0.05) is 11.8 Å². The van der Waals surface area contributed by atoms with E-state index in [1.807, 2.05) is 6.92 Å². The average Bonchev–Trinajstić information content (AvgIpc) is 2.22. The number of hydrogen-bond donors (Lipinski definition) is 2. The standard InChI is InChI=1S/C10H11BrFNO2/c1-2-7(11)10(15)13-6-3-4-9(14)8(12)5-6/h3-5,7,14H,2H2,1H3,(H,13,15). The van der Waals surface area contributed by atoms with Gasteiger partial charge < -0.3 is 10.4 Å². The number of alkyl halides is 1. The number of phenolic OH excluding ortho intramolecular Hbond substituents is 1. The van der Waals surface area contributed by atoms with Crippen LogP contribution in [0.1, 0.15) is 13.3 Å². The van der Waals surface area contributed by atoms with Crippen LogP contribution in [-0.4, -0.2) is 15.8 Å². The van der Waals surface area contributed by atoms with Crippen LogP contribution in [0.4, 0.5) is 10.1 Å². The number of carbonyl (C=O) groups is 1. The summed E-state index contributed by atoms with van der Waals surface area (Å²) in [6.07, 6.45) is 0.645. The Kier molecular flexibility index (Phi) is 4.08. The molecule has 0 spiro atoms. The molecule has 0 aliphatic carbocycles. The number of hydrogen-bond acceptors (Lipinski definition) is 2. The van der Waals surface area contributed by atoms with Gasteiger partial charge in [-0.2, -0.15) is 0 Å². The molecule has 1 aromatic carbocycles. The van der Waals surface area contributed by atoms with Crippen LogP contribution < -0.4 is 5.32 Å². The molecule has 0 aliphatic heterocycles. The molecule has 0 bridgehead atoms. The normalized spacial score (nSPS) is 12.2. The predicted molar refractivity (Wildman–Crippen MR) is 59.7 cm³/mol. The van der Waals surface area contributed by atoms with Crippen molar-refractivity contribution in [3.8, 4) is 5.75 Å². The fraction of sp³-hybridized carbons (Fsp3) is 0.300. The van der Waals surface area contributed by atoms with Crippen LogP contribution in [0.2, 0.25) is 0 Å². The topological polar surface area (TPSA) is 49.3 Å². The Bertz CT molecular complexity index is 370. The highest BCUT2D eigenvalue weighted by molar-refractivity contribution is 9.10. The number of phenols is 1. The first-order valence-corrected chi connectivity index (χ1v) is 5.39. The van der Waals surface area contributed by atoms with Crippen LogP contribution in [0.25, 0.3) is 0 Å². The van der Waals surface area contributed by atoms with Gasteiger partial charge in [-0.15, -0.1) is 0 Å². The Labute approximate surface area is 95.4 Å². The number of aromatic hydroxyl groups is 1. The molecule has 0 heterocycles. The van der Waals surface area contributed by atoms with Gasteiger partial charge in [0.15, 0.2) is 11.6 Å². The van der Waals surface area contributed by atoms with E-state index in [0.29, 0.717) is 12.1 Å². The highest BCUT2D eigenvalue weighted by Gasteiger charge is 2.12. The highest BCUT2D eigenvalue weighted by atomic mass is 79.9. The van der Waals surface area contributed by atoms with Gasteiger partial charge in [-0.1, -0.05) is 22.9 Å². The first-order chi connectivity index (χ1) is 7.04. The highest BCUT2D eigenvalue weighted by Crippen LogP contribution is 2.20. The molecule has 15 heavy (non-hydrogen) atoms. The van der Waals surface area contributed by atoms with Crippen molar-refractivity contribution in [2.24, 2.45) is 0 Å². The van der Waals surface area contributed by atoms with E-state index >= 15 is 0 Å². The zero-order valence-electron chi connectivity index (χ0n) is 8.13. The summed E-state index contributed by atoms with van der Waals surface area (Å²) in [5, 5.41) is 11.5. The largest absolute Gasteiger partial charge is 0.505 e. The van der Waals surface area contributed by atoms with Crippen molar-refractivity contribution in [3.05, 3.63) is 24.0 Å². The van der Waals surface area contributed by atoms with Crippen LogP contribution >= 0.6 is 15.9 Å². The van der Waals surface area contributed by atoms with Crippen molar-refractivity contribution in [1.29, 1.82) is 0 Å². The van der Waals surface area contributed by atoms with Crippen molar-refractivity contribution in [3.63, 3.8) is 0 Å². The monoisotopic (exact) mass is 275 g/mol. The zero-order valence-corrected chi connectivity index (χ0v) is 9.71. The molecule has 0 radical (unpaired) electrons. The number of carbonyl (C=O) groups excluding carboxylic acids is 1. The van der Waals surface area contributed by atoms with Crippen LogP contribution in [0.5, 0.6) is 5.75 Å². The van der Waals surface area contributed by atoms with Gasteiger partial charge in [-0.25, -0.2) is 4.39 Å². The number of halogens is 2. The molecule has 2 N–H and O–H groups in total. The van der Waals surface area contributed by atoms with Gasteiger partial charge >= 0.3 is 0 Å². The lowest BCUT2D eigenvalue weighted by atomic mass is 10.2. The summed E-state index contributed by atoms with van der Waals surface area (Å²) in [5.74, 6) is -1.42. The van der Waals surface area contributed by atoms with Crippen LogP contribution in [0.3, 0.4) is 0 Å². The number of anilines is 1. The molecule has 0 saturated carbocycles. The number of amides is 1. The van der Waals surface area contributed by atoms with Crippen LogP contribution in [0.15, 0.2) is 18.2 Å². The second-order valence-corrected chi connectivity index (χ2v) is 4.14. The molecular formula is C10H11BrFNO2. The minimum absolute atomic E-state index is 0.234. The quantitative estimate of drug-likeness (QED) is 0.658. The molecule has 0 fully saturated rings. The average molecular weight is 276 g/mol. The smallest absolute Gasteiger partial charge is 0.238 e. The molecule has 3 nitrogen and oxygen atoms in total. The van der Waals surface area contributed by atoms with Gasteiger partial charge in [-0.05, 0) is 18.6 Å². The third-order valence-electron chi connectivity index (χ3n) is 1.86. The summed E-state index contributed by atoms with van der Waals surface area (Å²) in [7, 11) is 0. The Morgan fingerprint density at radius 1 is 1.67 bits per heavy atom. The summed E-state index contributed by atoms with van der Waals surface area (Å²) >= 11 is 3.18. The molecule has 0 aliphatic rings. The molecule has 1 amide bonds. The molecule has 5 heteroatoms. The van der Waals surface area contributed by atoms with E-state index in [-0.39, 0.29) is 10.7 Å². The Morgan fingerprint density at radius 3 is 2.87 bits per heavy atom. The van der Waals surface area contributed by atoms with E-state index in [4.69, 9.17) is 5.11 Å². The fourth-order valence-electron chi connectivity index (χ4n) is 0.991. The number of nitrogens with one attached hydrogen (secondary N) is 1. The summed E-state index contributed by atoms with van der Waals surface area (Å²) < 4.78 is 12.9. The minimum atomic E-state index is -0.754. The van der Waals surface area contributed by atoms with E-state index in [2.05, 4.69) is 21.2 Å². The summed E-state index contributed by atoms with van der Waals surface area (Å²) in [6.45, 7) is 1.86. The van der Waals surface area contributed by atoms with Gasteiger partial charge in [0.25, 0.3) is 0 Å². The lowest BCUT2D eigenvalue weighted by molar-refractivity contribution is -0.115. The van der Waals surface area contributed by atoms with Gasteiger partial charge in [0.2, 0.25) is 5.91 Å². The third-order valence-corrected chi connectivity index (χ3v) is 2.92. The van der Waals surface area contributed by atoms with Crippen LogP contribution in [-0.2, 0) is 4.79 Å². The van der Waals surface area contributed by atoms with Crippen molar-refractivity contribution < 1.29 is 14.3 Å². The second-order valence-electron chi connectivity index (χ2n) is 3.03. The van der Waals surface area contributed by atoms with E-state index in [0.717, 1.165) is 6.07 Å². The fourth-order valence-corrected chi connectivity index (χ4v) is 1.11. The maximum Gasteiger partial charge on any atom is 0.238 e. The molecule has 0 aromatic heterocycles. The Hall–Kier alpha value is -1.10. The van der Waals surface area contributed by atoms with Gasteiger partial charge in [0.05, 0.1) is 4.83 Å². The van der Waals surface area contributed by atoms with Gasteiger partial charge in [0.1, 0.15) is 0 Å². The number of benzene rings is 1. The first-order valence-electron chi connectivity index (χ1n) is 4.48. The summed E-state index contributed by atoms with van der Waals surface area (Å²) in [4.78, 5) is 11.1. The molecular weight excluding hydrogens is 265 g/mol. The van der Waals surface area contributed by atoms with Crippen LogP contribution in [0, 0.1) is 5.82 Å². The van der Waals surface area contributed by atoms with E-state index in [1.54, 1.807) is 0 Å². The molecule has 1 aromatic rings. The summed E-state index contributed by atoms with van der Waals surface area (Å²) in [6, 6.07) is 3.70. The van der Waals surface area contributed by atoms with Crippen molar-refractivity contribution in [2.45, 2.75) is 18.2 Å². The Morgan fingerprint density at radius 2 is 2.33 bits per heavy atom. The van der Waals surface area contributed by atoms with E-state index in [9.17, 15) is 9.18 Å².